The minimum Gasteiger partial charge on any atom is -0.507 e. The van der Waals surface area contributed by atoms with Gasteiger partial charge in [0, 0.05) is 39.4 Å². The minimum atomic E-state index is -1.21. The van der Waals surface area contributed by atoms with Crippen LogP contribution < -0.4 is 4.90 Å². The summed E-state index contributed by atoms with van der Waals surface area (Å²) >= 11 is 6.88. The fourth-order valence-corrected chi connectivity index (χ4v) is 4.25. The number of benzene rings is 3. The lowest BCUT2D eigenvalue weighted by Gasteiger charge is -2.21. The van der Waals surface area contributed by atoms with Crippen molar-refractivity contribution in [1.82, 2.24) is 0 Å². The molecule has 0 atom stereocenters. The van der Waals surface area contributed by atoms with Crippen molar-refractivity contribution in [3.05, 3.63) is 68.1 Å². The number of fused-ring (bicyclic) bond motifs is 1. The number of nitrogens with zero attached hydrogens (tertiary/aromatic N) is 1. The predicted molar refractivity (Wildman–Crippen MR) is 121 cm³/mol. The third kappa shape index (κ3) is 4.02. The second-order valence-electron chi connectivity index (χ2n) is 6.48. The Bertz CT molecular complexity index is 1120. The van der Waals surface area contributed by atoms with Crippen molar-refractivity contribution in [2.45, 2.75) is 13.8 Å². The Labute approximate surface area is 185 Å². The van der Waals surface area contributed by atoms with E-state index in [-0.39, 0.29) is 22.4 Å². The first-order valence-electron chi connectivity index (χ1n) is 9.06. The van der Waals surface area contributed by atoms with E-state index in [1.165, 1.54) is 18.2 Å². The highest BCUT2D eigenvalue weighted by atomic mass is 79.9. The summed E-state index contributed by atoms with van der Waals surface area (Å²) in [7, 11) is 0. The van der Waals surface area contributed by atoms with Gasteiger partial charge in [-0.05, 0) is 61.0 Å². The van der Waals surface area contributed by atoms with Crippen LogP contribution in [0.15, 0.2) is 51.4 Å². The average Bonchev–Trinajstić information content (AvgIpc) is 2.70. The number of phenolic OH excluding ortho intramolecular Hbond substituents is 1. The number of carbonyl (C=O) groups is 2. The molecule has 0 fully saturated rings. The number of rotatable bonds is 6. The van der Waals surface area contributed by atoms with Gasteiger partial charge < -0.3 is 15.1 Å². The van der Waals surface area contributed by atoms with E-state index in [9.17, 15) is 19.8 Å². The lowest BCUT2D eigenvalue weighted by Crippen LogP contribution is -2.21. The van der Waals surface area contributed by atoms with Gasteiger partial charge in [-0.2, -0.15) is 0 Å². The summed E-state index contributed by atoms with van der Waals surface area (Å²) in [6, 6.07) is 11.5. The average molecular weight is 521 g/mol. The van der Waals surface area contributed by atoms with Crippen LogP contribution in [0.5, 0.6) is 5.75 Å². The molecule has 2 N–H and O–H groups in total. The molecular weight excluding hydrogens is 502 g/mol. The van der Waals surface area contributed by atoms with Crippen LogP contribution in [0, 0.1) is 0 Å². The van der Waals surface area contributed by atoms with E-state index in [4.69, 9.17) is 0 Å². The normalized spacial score (nSPS) is 10.9. The molecule has 0 spiro atoms. The van der Waals surface area contributed by atoms with Gasteiger partial charge in [0.1, 0.15) is 5.75 Å². The number of hydrogen-bond donors (Lipinski definition) is 2. The largest absolute Gasteiger partial charge is 0.507 e. The second kappa shape index (κ2) is 8.55. The third-order valence-corrected chi connectivity index (χ3v) is 6.26. The number of phenols is 1. The van der Waals surface area contributed by atoms with Crippen molar-refractivity contribution in [2.75, 3.05) is 18.0 Å². The molecule has 0 aliphatic rings. The summed E-state index contributed by atoms with van der Waals surface area (Å²) < 4.78 is 1.46. The maximum absolute atomic E-state index is 13.2. The number of hydrogen-bond acceptors (Lipinski definition) is 4. The quantitative estimate of drug-likeness (QED) is 0.399. The number of carboxylic acid groups (broad SMARTS) is 1. The zero-order valence-corrected chi connectivity index (χ0v) is 19.0. The molecule has 0 bridgehead atoms. The van der Waals surface area contributed by atoms with Crippen LogP contribution in [0.2, 0.25) is 0 Å². The number of halogens is 2. The number of carboxylic acids is 1. The van der Waals surface area contributed by atoms with Crippen LogP contribution >= 0.6 is 31.9 Å². The zero-order chi connectivity index (χ0) is 21.3. The zero-order valence-electron chi connectivity index (χ0n) is 15.9. The number of ketones is 1. The minimum absolute atomic E-state index is 0.0229. The monoisotopic (exact) mass is 519 g/mol. The number of aromatic carboxylic acids is 1. The van der Waals surface area contributed by atoms with Crippen LogP contribution in [0.25, 0.3) is 10.8 Å². The van der Waals surface area contributed by atoms with E-state index in [0.29, 0.717) is 10.8 Å². The number of anilines is 1. The van der Waals surface area contributed by atoms with Gasteiger partial charge in [0.05, 0.1) is 11.1 Å². The lowest BCUT2D eigenvalue weighted by molar-refractivity contribution is 0.0693. The summed E-state index contributed by atoms with van der Waals surface area (Å²) in [5, 5.41) is 21.6. The molecule has 7 heteroatoms. The van der Waals surface area contributed by atoms with Gasteiger partial charge >= 0.3 is 5.97 Å². The lowest BCUT2D eigenvalue weighted by atomic mass is 9.94. The molecule has 0 unspecified atom stereocenters. The van der Waals surface area contributed by atoms with Crippen LogP contribution in [0.1, 0.15) is 40.1 Å². The summed E-state index contributed by atoms with van der Waals surface area (Å²) in [4.78, 5) is 27.1. The third-order valence-electron chi connectivity index (χ3n) is 4.88. The highest BCUT2D eigenvalue weighted by Crippen LogP contribution is 2.34. The van der Waals surface area contributed by atoms with Gasteiger partial charge in [-0.1, -0.05) is 31.9 Å². The number of carbonyl (C=O) groups excluding carboxylic acids is 1. The molecule has 3 rings (SSSR count). The fraction of sp³-hybridized carbons (Fsp3) is 0.182. The van der Waals surface area contributed by atoms with E-state index >= 15 is 0 Å². The molecular formula is C22H19Br2NO4. The Kier molecular flexibility index (Phi) is 6.29. The number of aromatic hydroxyl groups is 1. The first-order chi connectivity index (χ1) is 13.8. The van der Waals surface area contributed by atoms with Gasteiger partial charge in [0.25, 0.3) is 0 Å². The van der Waals surface area contributed by atoms with Crippen LogP contribution in [0.4, 0.5) is 5.69 Å². The van der Waals surface area contributed by atoms with Crippen LogP contribution in [-0.2, 0) is 0 Å². The molecule has 0 saturated carbocycles. The van der Waals surface area contributed by atoms with E-state index in [2.05, 4.69) is 31.9 Å². The van der Waals surface area contributed by atoms with Crippen LogP contribution in [0.3, 0.4) is 0 Å². The van der Waals surface area contributed by atoms with Crippen LogP contribution in [-0.4, -0.2) is 35.1 Å². The van der Waals surface area contributed by atoms with Gasteiger partial charge in [-0.15, -0.1) is 0 Å². The van der Waals surface area contributed by atoms with Gasteiger partial charge in [-0.25, -0.2) is 4.79 Å². The molecule has 3 aromatic rings. The van der Waals surface area contributed by atoms with E-state index in [1.807, 2.05) is 24.8 Å². The molecule has 0 aromatic heterocycles. The first kappa shape index (κ1) is 21.3. The van der Waals surface area contributed by atoms with Gasteiger partial charge in [0.2, 0.25) is 0 Å². The van der Waals surface area contributed by atoms with Crippen molar-refractivity contribution >= 4 is 60.1 Å². The van der Waals surface area contributed by atoms with Gasteiger partial charge in [-0.3, -0.25) is 4.79 Å². The Balaban J connectivity index is 2.17. The summed E-state index contributed by atoms with van der Waals surface area (Å²) in [6.45, 7) is 5.54. The molecule has 0 saturated heterocycles. The molecule has 3 aromatic carbocycles. The van der Waals surface area contributed by atoms with Crippen molar-refractivity contribution in [1.29, 1.82) is 0 Å². The summed E-state index contributed by atoms with van der Waals surface area (Å²) in [5.41, 5.74) is 0.768. The fourth-order valence-electron chi connectivity index (χ4n) is 3.33. The molecule has 0 radical (unpaired) electrons. The van der Waals surface area contributed by atoms with Crippen molar-refractivity contribution in [2.24, 2.45) is 0 Å². The van der Waals surface area contributed by atoms with E-state index in [0.717, 1.165) is 27.7 Å². The van der Waals surface area contributed by atoms with Crippen molar-refractivity contribution in [3.8, 4) is 5.75 Å². The highest BCUT2D eigenvalue weighted by molar-refractivity contribution is 9.11. The molecule has 29 heavy (non-hydrogen) atoms. The second-order valence-corrected chi connectivity index (χ2v) is 8.19. The smallest absolute Gasteiger partial charge is 0.336 e. The first-order valence-corrected chi connectivity index (χ1v) is 10.6. The standard InChI is InChI=1S/C22H19Br2NO4/c1-3-25(4-2)12-5-6-13(20(26)9-12)21(27)16-10-14-15(11-17(16)22(28)29)19(24)8-7-18(14)23/h5-11,26H,3-4H2,1-2H3,(H,28,29). The maximum atomic E-state index is 13.2. The predicted octanol–water partition coefficient (Wildman–Crippen LogP) is 5.85. The molecule has 0 aliphatic heterocycles. The maximum Gasteiger partial charge on any atom is 0.336 e. The molecule has 0 heterocycles. The molecule has 0 amide bonds. The summed E-state index contributed by atoms with van der Waals surface area (Å²) in [5.74, 6) is -1.93. The Morgan fingerprint density at radius 3 is 1.90 bits per heavy atom. The topological polar surface area (TPSA) is 77.8 Å². The van der Waals surface area contributed by atoms with Gasteiger partial charge in [0.15, 0.2) is 5.78 Å². The van der Waals surface area contributed by atoms with E-state index in [1.54, 1.807) is 18.2 Å². The van der Waals surface area contributed by atoms with Crippen molar-refractivity contribution < 1.29 is 19.8 Å². The molecule has 5 nitrogen and oxygen atoms in total. The summed E-state index contributed by atoms with van der Waals surface area (Å²) in [6.07, 6.45) is 0. The molecule has 0 aliphatic carbocycles. The van der Waals surface area contributed by atoms with Crippen molar-refractivity contribution in [3.63, 3.8) is 0 Å². The Morgan fingerprint density at radius 2 is 1.41 bits per heavy atom. The SMILES string of the molecule is CCN(CC)c1ccc(C(=O)c2cc3c(Br)ccc(Br)c3cc2C(=O)O)c(O)c1. The Hall–Kier alpha value is -2.38. The Morgan fingerprint density at radius 1 is 0.862 bits per heavy atom. The van der Waals surface area contributed by atoms with E-state index < -0.39 is 11.8 Å². The highest BCUT2D eigenvalue weighted by Gasteiger charge is 2.23. The molecule has 150 valence electrons.